The third-order valence-corrected chi connectivity index (χ3v) is 9.37. The molecule has 0 spiro atoms. The topological polar surface area (TPSA) is 108 Å². The van der Waals surface area contributed by atoms with Gasteiger partial charge in [-0.05, 0) is 64.2 Å². The zero-order chi connectivity index (χ0) is 40.7. The van der Waals surface area contributed by atoms with Gasteiger partial charge < -0.3 is 28.5 Å². The summed E-state index contributed by atoms with van der Waals surface area (Å²) in [6.07, 6.45) is 39.1. The quantitative estimate of drug-likeness (QED) is 0.0215. The highest BCUT2D eigenvalue weighted by atomic mass is 16.7. The average molecular weight is 779 g/mol. The Hall–Kier alpha value is -2.49. The third kappa shape index (κ3) is 39.5. The number of aliphatic carboxylic acids is 1. The molecule has 9 heteroatoms. The highest BCUT2D eigenvalue weighted by Crippen LogP contribution is 2.13. The van der Waals surface area contributed by atoms with Crippen LogP contribution in [0.4, 0.5) is 0 Å². The first kappa shape index (κ1) is 52.5. The van der Waals surface area contributed by atoms with Crippen molar-refractivity contribution in [2.24, 2.45) is 0 Å². The molecule has 2 atom stereocenters. The third-order valence-electron chi connectivity index (χ3n) is 9.37. The number of rotatable bonds is 40. The van der Waals surface area contributed by atoms with Crippen LogP contribution in [0.2, 0.25) is 0 Å². The monoisotopic (exact) mass is 779 g/mol. The van der Waals surface area contributed by atoms with Gasteiger partial charge in [0.2, 0.25) is 0 Å². The molecular weight excluding hydrogens is 695 g/mol. The van der Waals surface area contributed by atoms with Crippen molar-refractivity contribution in [1.29, 1.82) is 0 Å². The van der Waals surface area contributed by atoms with Gasteiger partial charge in [0.15, 0.2) is 6.10 Å². The standard InChI is InChI=1S/C46H83NO8/c1-6-8-10-12-14-16-18-20-22-23-25-26-28-30-32-34-36-43(48)53-40-42(41-54-46(45(50)51)52-39-38-47(3,4)5)55-44(49)37-35-33-31-29-27-24-21-19-17-15-13-11-9-7-2/h13,15,19,21-23,42,46H,6-12,14,16-18,20,24-41H2,1-5H3/p+1/b15-13-,21-19-,23-22-. The molecule has 0 saturated carbocycles. The number of likely N-dealkylation sites (N-methyl/N-ethyl adjacent to an activating group) is 1. The summed E-state index contributed by atoms with van der Waals surface area (Å²) in [7, 11) is 5.94. The molecule has 1 N–H and O–H groups in total. The van der Waals surface area contributed by atoms with E-state index < -0.39 is 24.3 Å². The first-order valence-corrected chi connectivity index (χ1v) is 22.2. The van der Waals surface area contributed by atoms with Crippen molar-refractivity contribution in [1.82, 2.24) is 0 Å². The van der Waals surface area contributed by atoms with E-state index in [4.69, 9.17) is 18.9 Å². The number of nitrogens with zero attached hydrogens (tertiary/aromatic N) is 1. The number of hydrogen-bond donors (Lipinski definition) is 1. The second-order valence-electron chi connectivity index (χ2n) is 16.0. The summed E-state index contributed by atoms with van der Waals surface area (Å²) in [4.78, 5) is 37.1. The summed E-state index contributed by atoms with van der Waals surface area (Å²) in [5.74, 6) is -2.04. The van der Waals surface area contributed by atoms with Crippen LogP contribution in [-0.4, -0.2) is 87.4 Å². The molecule has 0 heterocycles. The fraction of sp³-hybridized carbons (Fsp3) is 0.804. The lowest BCUT2D eigenvalue weighted by molar-refractivity contribution is -0.870. The van der Waals surface area contributed by atoms with Crippen molar-refractivity contribution in [3.8, 4) is 0 Å². The van der Waals surface area contributed by atoms with Gasteiger partial charge in [0.1, 0.15) is 13.2 Å². The van der Waals surface area contributed by atoms with Crippen LogP contribution in [0, 0.1) is 0 Å². The number of carbonyl (C=O) groups excluding carboxylic acids is 2. The summed E-state index contributed by atoms with van der Waals surface area (Å²) in [5, 5.41) is 9.62. The molecule has 0 aromatic heterocycles. The van der Waals surface area contributed by atoms with Gasteiger partial charge in [-0.15, -0.1) is 0 Å². The van der Waals surface area contributed by atoms with E-state index in [-0.39, 0.29) is 38.6 Å². The fourth-order valence-electron chi connectivity index (χ4n) is 5.85. The van der Waals surface area contributed by atoms with Crippen molar-refractivity contribution < 1.29 is 42.9 Å². The lowest BCUT2D eigenvalue weighted by Crippen LogP contribution is -2.40. The van der Waals surface area contributed by atoms with Gasteiger partial charge in [0.05, 0.1) is 34.4 Å². The summed E-state index contributed by atoms with van der Waals surface area (Å²) >= 11 is 0. The number of allylic oxidation sites excluding steroid dienone is 6. The van der Waals surface area contributed by atoms with Crippen molar-refractivity contribution in [2.75, 3.05) is 47.5 Å². The molecule has 0 rings (SSSR count). The summed E-state index contributed by atoms with van der Waals surface area (Å²) in [6, 6.07) is 0. The van der Waals surface area contributed by atoms with Gasteiger partial charge in [-0.2, -0.15) is 0 Å². The molecule has 0 aromatic carbocycles. The predicted octanol–water partition coefficient (Wildman–Crippen LogP) is 11.4. The van der Waals surface area contributed by atoms with Crippen LogP contribution in [0.15, 0.2) is 36.5 Å². The van der Waals surface area contributed by atoms with Crippen LogP contribution in [0.5, 0.6) is 0 Å². The second-order valence-corrected chi connectivity index (χ2v) is 16.0. The number of carbonyl (C=O) groups is 3. The first-order chi connectivity index (χ1) is 26.6. The van der Waals surface area contributed by atoms with Crippen LogP contribution >= 0.6 is 0 Å². The molecule has 0 aliphatic carbocycles. The average Bonchev–Trinajstić information content (AvgIpc) is 3.14. The second kappa shape index (κ2) is 38.4. The van der Waals surface area contributed by atoms with E-state index in [9.17, 15) is 19.5 Å². The van der Waals surface area contributed by atoms with Gasteiger partial charge in [-0.1, -0.05) is 140 Å². The molecule has 0 aliphatic rings. The van der Waals surface area contributed by atoms with Crippen molar-refractivity contribution in [2.45, 2.75) is 193 Å². The number of ether oxygens (including phenoxy) is 4. The van der Waals surface area contributed by atoms with E-state index in [1.807, 2.05) is 21.1 Å². The maximum Gasteiger partial charge on any atom is 0.361 e. The van der Waals surface area contributed by atoms with Crippen LogP contribution in [-0.2, 0) is 33.3 Å². The number of quaternary nitrogens is 1. The van der Waals surface area contributed by atoms with Crippen molar-refractivity contribution in [3.63, 3.8) is 0 Å². The normalized spacial score (nSPS) is 13.3. The Morgan fingerprint density at radius 3 is 1.51 bits per heavy atom. The molecular formula is C46H84NO8+. The number of hydrogen-bond acceptors (Lipinski definition) is 7. The number of carboxylic acid groups (broad SMARTS) is 1. The summed E-state index contributed by atoms with van der Waals surface area (Å²) < 4.78 is 22.7. The minimum absolute atomic E-state index is 0.183. The van der Waals surface area contributed by atoms with Gasteiger partial charge in [0.25, 0.3) is 6.29 Å². The van der Waals surface area contributed by atoms with E-state index in [1.165, 1.54) is 64.2 Å². The van der Waals surface area contributed by atoms with Crippen LogP contribution in [0.25, 0.3) is 0 Å². The van der Waals surface area contributed by atoms with Gasteiger partial charge >= 0.3 is 17.9 Å². The molecule has 0 aromatic rings. The van der Waals surface area contributed by atoms with Gasteiger partial charge in [-0.25, -0.2) is 4.79 Å². The smallest absolute Gasteiger partial charge is 0.361 e. The van der Waals surface area contributed by atoms with E-state index >= 15 is 0 Å². The zero-order valence-electron chi connectivity index (χ0n) is 36.1. The molecule has 0 radical (unpaired) electrons. The number of unbranched alkanes of at least 4 members (excludes halogenated alkanes) is 19. The molecule has 0 fully saturated rings. The van der Waals surface area contributed by atoms with Gasteiger partial charge in [0, 0.05) is 12.8 Å². The van der Waals surface area contributed by atoms with Crippen LogP contribution in [0.1, 0.15) is 181 Å². The van der Waals surface area contributed by atoms with E-state index in [1.54, 1.807) is 0 Å². The highest BCUT2D eigenvalue weighted by Gasteiger charge is 2.25. The molecule has 0 amide bonds. The predicted molar refractivity (Wildman–Crippen MR) is 226 cm³/mol. The molecule has 2 unspecified atom stereocenters. The van der Waals surface area contributed by atoms with E-state index in [2.05, 4.69) is 50.3 Å². The largest absolute Gasteiger partial charge is 0.477 e. The Balaban J connectivity index is 4.48. The number of esters is 2. The Kier molecular flexibility index (Phi) is 36.6. The molecule has 0 bridgehead atoms. The Bertz CT molecular complexity index is 1000. The number of carboxylic acids is 1. The summed E-state index contributed by atoms with van der Waals surface area (Å²) in [6.45, 7) is 4.79. The molecule has 0 aliphatic heterocycles. The zero-order valence-corrected chi connectivity index (χ0v) is 36.1. The minimum atomic E-state index is -1.51. The van der Waals surface area contributed by atoms with Gasteiger partial charge in [-0.3, -0.25) is 9.59 Å². The maximum atomic E-state index is 12.7. The SMILES string of the molecule is CCCC/C=C\C/C=C\CCCCCCCC(=O)OC(COC(=O)CCCCCCC/C=C\CCCCCCCCC)COC(OCC[N+](C)(C)C)C(=O)O. The fourth-order valence-corrected chi connectivity index (χ4v) is 5.85. The van der Waals surface area contributed by atoms with Crippen LogP contribution in [0.3, 0.4) is 0 Å². The molecule has 0 saturated heterocycles. The van der Waals surface area contributed by atoms with Crippen molar-refractivity contribution >= 4 is 17.9 Å². The lowest BCUT2D eigenvalue weighted by atomic mass is 10.1. The molecule has 9 nitrogen and oxygen atoms in total. The minimum Gasteiger partial charge on any atom is -0.477 e. The highest BCUT2D eigenvalue weighted by molar-refractivity contribution is 5.71. The van der Waals surface area contributed by atoms with Crippen molar-refractivity contribution in [3.05, 3.63) is 36.5 Å². The van der Waals surface area contributed by atoms with E-state index in [0.29, 0.717) is 17.4 Å². The molecule has 320 valence electrons. The maximum absolute atomic E-state index is 12.7. The molecule has 55 heavy (non-hydrogen) atoms. The first-order valence-electron chi connectivity index (χ1n) is 22.2. The summed E-state index contributed by atoms with van der Waals surface area (Å²) in [5.41, 5.74) is 0. The Morgan fingerprint density at radius 1 is 0.545 bits per heavy atom. The Morgan fingerprint density at radius 2 is 1.00 bits per heavy atom. The lowest BCUT2D eigenvalue weighted by Gasteiger charge is -2.25. The Labute approximate surface area is 337 Å². The van der Waals surface area contributed by atoms with E-state index in [0.717, 1.165) is 83.5 Å². The van der Waals surface area contributed by atoms with Crippen LogP contribution < -0.4 is 0 Å².